The van der Waals surface area contributed by atoms with Gasteiger partial charge in [-0.1, -0.05) is 60.7 Å². The van der Waals surface area contributed by atoms with Gasteiger partial charge in [0.1, 0.15) is 6.04 Å². The third-order valence-electron chi connectivity index (χ3n) is 3.46. The van der Waals surface area contributed by atoms with Crippen molar-refractivity contribution < 1.29 is 19.8 Å². The lowest BCUT2D eigenvalue weighted by atomic mass is 10.2. The van der Waals surface area contributed by atoms with E-state index in [0.29, 0.717) is 0 Å². The minimum atomic E-state index is -1.29. The van der Waals surface area contributed by atoms with Crippen molar-refractivity contribution in [1.29, 1.82) is 0 Å². The lowest BCUT2D eigenvalue weighted by Crippen LogP contribution is -2.32. The molecule has 0 amide bonds. The monoisotopic (exact) mass is 467 g/mol. The summed E-state index contributed by atoms with van der Waals surface area (Å²) in [5.41, 5.74) is 18.3. The molecule has 0 fully saturated rings. The van der Waals surface area contributed by atoms with E-state index in [4.69, 9.17) is 27.4 Å². The van der Waals surface area contributed by atoms with Crippen molar-refractivity contribution >= 4 is 35.5 Å². The van der Waals surface area contributed by atoms with Crippen LogP contribution in [0.1, 0.15) is 17.5 Å². The van der Waals surface area contributed by atoms with E-state index >= 15 is 0 Å². The predicted molar refractivity (Wildman–Crippen MR) is 131 cm³/mol. The summed E-state index contributed by atoms with van der Waals surface area (Å²) in [6, 6.07) is 19.6. The summed E-state index contributed by atoms with van der Waals surface area (Å²) >= 11 is 3.76. The maximum Gasteiger partial charge on any atom is 0.321 e. The minimum Gasteiger partial charge on any atom is -0.481 e. The van der Waals surface area contributed by atoms with Gasteiger partial charge in [-0.15, -0.1) is 0 Å². The lowest BCUT2D eigenvalue weighted by molar-refractivity contribution is -0.144. The number of carboxylic acids is 2. The Bertz CT molecular complexity index is 661. The number of hydrogen-bond donors (Lipinski definition) is 5. The molecule has 2 aromatic carbocycles. The average Bonchev–Trinajstić information content (AvgIpc) is 2.76. The highest BCUT2D eigenvalue weighted by Gasteiger charge is 2.14. The van der Waals surface area contributed by atoms with Crippen molar-refractivity contribution in [3.63, 3.8) is 0 Å². The molecule has 0 unspecified atom stereocenters. The van der Waals surface area contributed by atoms with Crippen LogP contribution in [0.3, 0.4) is 0 Å². The van der Waals surface area contributed by atoms with Gasteiger partial charge in [0.05, 0.1) is 6.42 Å². The number of carboxylic acid groups (broad SMARTS) is 2. The number of carbonyl (C=O) groups is 2. The van der Waals surface area contributed by atoms with E-state index in [0.717, 1.165) is 36.1 Å². The summed E-state index contributed by atoms with van der Waals surface area (Å²) in [6.07, 6.45) is -0.532. The third-order valence-corrected chi connectivity index (χ3v) is 5.58. The van der Waals surface area contributed by atoms with Crippen LogP contribution < -0.4 is 17.2 Å². The summed E-state index contributed by atoms with van der Waals surface area (Å²) in [6.45, 7) is 1.55. The fraction of sp³-hybridized carbons (Fsp3) is 0.364. The van der Waals surface area contributed by atoms with Crippen LogP contribution in [0.5, 0.6) is 0 Å². The summed E-state index contributed by atoms with van der Waals surface area (Å²) in [5.74, 6) is 1.77. The van der Waals surface area contributed by atoms with Crippen LogP contribution in [0, 0.1) is 0 Å². The Hall–Kier alpha value is -2.04. The van der Waals surface area contributed by atoms with Gasteiger partial charge in [0, 0.05) is 36.1 Å². The first-order valence-electron chi connectivity index (χ1n) is 9.74. The number of aliphatic carboxylic acids is 2. The molecular formula is C22H33N3O4S2. The minimum absolute atomic E-state index is 0.532. The van der Waals surface area contributed by atoms with Crippen molar-refractivity contribution in [2.75, 3.05) is 24.6 Å². The van der Waals surface area contributed by atoms with Gasteiger partial charge in [-0.3, -0.25) is 9.59 Å². The van der Waals surface area contributed by atoms with Crippen LogP contribution >= 0.6 is 23.5 Å². The number of benzene rings is 2. The SMILES string of the molecule is NCCSCc1ccccc1.NCCSCc1ccccc1.N[C@@H](CC(=O)O)C(=O)O. The normalized spacial score (nSPS) is 10.7. The Morgan fingerprint density at radius 2 is 1.16 bits per heavy atom. The van der Waals surface area contributed by atoms with Crippen LogP contribution in [-0.2, 0) is 21.1 Å². The number of hydrogen-bond acceptors (Lipinski definition) is 7. The highest BCUT2D eigenvalue weighted by atomic mass is 32.2. The van der Waals surface area contributed by atoms with Gasteiger partial charge in [0.2, 0.25) is 0 Å². The van der Waals surface area contributed by atoms with Crippen LogP contribution in [0.25, 0.3) is 0 Å². The summed E-state index contributed by atoms with van der Waals surface area (Å²) in [5, 5.41) is 16.0. The molecular weight excluding hydrogens is 434 g/mol. The fourth-order valence-electron chi connectivity index (χ4n) is 1.97. The van der Waals surface area contributed by atoms with Gasteiger partial charge in [-0.05, 0) is 11.1 Å². The van der Waals surface area contributed by atoms with Gasteiger partial charge in [0.25, 0.3) is 0 Å². The highest BCUT2D eigenvalue weighted by Crippen LogP contribution is 2.10. The second kappa shape index (κ2) is 19.9. The molecule has 0 aliphatic heterocycles. The third kappa shape index (κ3) is 18.4. The Labute approximate surface area is 192 Å². The summed E-state index contributed by atoms with van der Waals surface area (Å²) in [7, 11) is 0. The second-order valence-electron chi connectivity index (χ2n) is 6.20. The molecule has 9 heteroatoms. The molecule has 1 atom stereocenters. The van der Waals surface area contributed by atoms with E-state index in [1.807, 2.05) is 35.7 Å². The average molecular weight is 468 g/mol. The van der Waals surface area contributed by atoms with Crippen molar-refractivity contribution in [3.05, 3.63) is 71.8 Å². The molecule has 0 bridgehead atoms. The van der Waals surface area contributed by atoms with E-state index in [2.05, 4.69) is 48.5 Å². The highest BCUT2D eigenvalue weighted by molar-refractivity contribution is 7.98. The smallest absolute Gasteiger partial charge is 0.321 e. The van der Waals surface area contributed by atoms with E-state index in [1.165, 1.54) is 11.1 Å². The topological polar surface area (TPSA) is 153 Å². The Balaban J connectivity index is 0.000000439. The molecule has 0 radical (unpaired) electrons. The van der Waals surface area contributed by atoms with Crippen LogP contribution in [0.2, 0.25) is 0 Å². The maximum atomic E-state index is 9.85. The zero-order valence-corrected chi connectivity index (χ0v) is 19.2. The largest absolute Gasteiger partial charge is 0.481 e. The molecule has 7 nitrogen and oxygen atoms in total. The predicted octanol–water partition coefficient (Wildman–Crippen LogP) is 2.63. The van der Waals surface area contributed by atoms with E-state index in [9.17, 15) is 9.59 Å². The summed E-state index contributed by atoms with van der Waals surface area (Å²) in [4.78, 5) is 19.6. The van der Waals surface area contributed by atoms with Crippen LogP contribution in [0.15, 0.2) is 60.7 Å². The lowest BCUT2D eigenvalue weighted by Gasteiger charge is -1.99. The van der Waals surface area contributed by atoms with Crippen molar-refractivity contribution in [3.8, 4) is 0 Å². The van der Waals surface area contributed by atoms with Gasteiger partial charge >= 0.3 is 11.9 Å². The standard InChI is InChI=1S/2C9H13NS.C4H7NO4/c2*10-6-7-11-8-9-4-2-1-3-5-9;5-2(4(8)9)1-3(6)7/h2*1-5H,6-8,10H2;2H,1,5H2,(H,6,7)(H,8,9)/t;;2-/m..0/s1. The molecule has 2 rings (SSSR count). The Morgan fingerprint density at radius 1 is 0.774 bits per heavy atom. The Kier molecular flexibility index (Phi) is 18.6. The van der Waals surface area contributed by atoms with E-state index in [1.54, 1.807) is 0 Å². The molecule has 0 saturated carbocycles. The first kappa shape index (κ1) is 29.0. The van der Waals surface area contributed by atoms with Gasteiger partial charge in [-0.2, -0.15) is 23.5 Å². The molecule has 8 N–H and O–H groups in total. The van der Waals surface area contributed by atoms with Gasteiger partial charge < -0.3 is 27.4 Å². The zero-order valence-electron chi connectivity index (χ0n) is 17.6. The number of thioether (sulfide) groups is 2. The summed E-state index contributed by atoms with van der Waals surface area (Å²) < 4.78 is 0. The van der Waals surface area contributed by atoms with Crippen molar-refractivity contribution in [2.24, 2.45) is 17.2 Å². The van der Waals surface area contributed by atoms with Gasteiger partial charge in [0.15, 0.2) is 0 Å². The molecule has 0 aromatic heterocycles. The molecule has 0 heterocycles. The van der Waals surface area contributed by atoms with Gasteiger partial charge in [-0.25, -0.2) is 0 Å². The van der Waals surface area contributed by atoms with Crippen LogP contribution in [0.4, 0.5) is 0 Å². The van der Waals surface area contributed by atoms with Crippen molar-refractivity contribution in [2.45, 2.75) is 24.0 Å². The molecule has 0 aliphatic rings. The second-order valence-corrected chi connectivity index (χ2v) is 8.41. The fourth-order valence-corrected chi connectivity index (χ4v) is 3.45. The Morgan fingerprint density at radius 3 is 1.42 bits per heavy atom. The first-order chi connectivity index (χ1) is 14.9. The molecule has 0 aliphatic carbocycles. The number of nitrogens with two attached hydrogens (primary N) is 3. The quantitative estimate of drug-likeness (QED) is 0.314. The van der Waals surface area contributed by atoms with Crippen molar-refractivity contribution in [1.82, 2.24) is 0 Å². The first-order valence-corrected chi connectivity index (χ1v) is 12.0. The van der Waals surface area contributed by atoms with Crippen LogP contribution in [-0.4, -0.2) is 52.8 Å². The molecule has 172 valence electrons. The zero-order chi connectivity index (χ0) is 23.3. The molecule has 0 spiro atoms. The molecule has 0 saturated heterocycles. The van der Waals surface area contributed by atoms with E-state index < -0.39 is 24.4 Å². The molecule has 31 heavy (non-hydrogen) atoms. The molecule has 2 aromatic rings. The maximum absolute atomic E-state index is 9.85. The number of rotatable bonds is 11. The van der Waals surface area contributed by atoms with E-state index in [-0.39, 0.29) is 0 Å².